The lowest BCUT2D eigenvalue weighted by atomic mass is 10.1. The number of hydrogen-bond donors (Lipinski definition) is 2. The second kappa shape index (κ2) is 7.76. The smallest absolute Gasteiger partial charge is 0.291 e. The van der Waals surface area contributed by atoms with Crippen LogP contribution in [0.3, 0.4) is 0 Å². The third kappa shape index (κ3) is 4.54. The van der Waals surface area contributed by atoms with Gasteiger partial charge in [0.1, 0.15) is 5.82 Å². The topological polar surface area (TPSA) is 71.3 Å². The van der Waals surface area contributed by atoms with Crippen molar-refractivity contribution in [2.24, 2.45) is 0 Å². The van der Waals surface area contributed by atoms with Crippen molar-refractivity contribution in [2.75, 3.05) is 11.9 Å². The Morgan fingerprint density at radius 2 is 1.96 bits per heavy atom. The average Bonchev–Trinajstić information content (AvgIpc) is 3.26. The van der Waals surface area contributed by atoms with Gasteiger partial charge in [0.05, 0.1) is 16.1 Å². The molecule has 0 saturated heterocycles. The van der Waals surface area contributed by atoms with E-state index in [1.807, 2.05) is 6.07 Å². The van der Waals surface area contributed by atoms with Crippen molar-refractivity contribution >= 4 is 28.2 Å². The Balaban J connectivity index is 1.51. The third-order valence-electron chi connectivity index (χ3n) is 3.40. The molecule has 2 amide bonds. The fourth-order valence-corrected chi connectivity index (χ4v) is 3.03. The fraction of sp³-hybridized carbons (Fsp3) is 0.111. The van der Waals surface area contributed by atoms with Gasteiger partial charge < -0.3 is 15.1 Å². The molecule has 2 heterocycles. The Morgan fingerprint density at radius 1 is 1.08 bits per heavy atom. The molecule has 5 nitrogen and oxygen atoms in total. The van der Waals surface area contributed by atoms with Crippen molar-refractivity contribution in [3.05, 3.63) is 76.8 Å². The number of rotatable bonds is 6. The summed E-state index contributed by atoms with van der Waals surface area (Å²) in [7, 11) is 0. The van der Waals surface area contributed by atoms with Gasteiger partial charge in [-0.15, -0.1) is 11.3 Å². The molecular formula is C18H15FN2O3S. The highest BCUT2D eigenvalue weighted by Crippen LogP contribution is 2.22. The zero-order valence-electron chi connectivity index (χ0n) is 13.1. The van der Waals surface area contributed by atoms with Crippen LogP contribution in [0.25, 0.3) is 0 Å². The second-order valence-corrected chi connectivity index (χ2v) is 6.31. The molecule has 3 rings (SSSR count). The number of amides is 2. The standard InChI is InChI=1S/C18H15FN2O3S/c19-13-4-1-3-12(11-13)8-9-20-18(23)15-6-7-16(25-15)21-17(22)14-5-2-10-24-14/h1-7,10-11H,8-9H2,(H,20,23)(H,21,22). The second-order valence-electron chi connectivity index (χ2n) is 5.23. The first-order chi connectivity index (χ1) is 12.1. The minimum atomic E-state index is -0.370. The Hall–Kier alpha value is -2.93. The summed E-state index contributed by atoms with van der Waals surface area (Å²) in [5.41, 5.74) is 0.817. The number of carbonyl (C=O) groups excluding carboxylic acids is 2. The van der Waals surface area contributed by atoms with Crippen molar-refractivity contribution in [3.63, 3.8) is 0 Å². The van der Waals surface area contributed by atoms with Crippen molar-refractivity contribution < 1.29 is 18.4 Å². The molecule has 2 N–H and O–H groups in total. The lowest BCUT2D eigenvalue weighted by Gasteiger charge is -2.04. The molecule has 0 aliphatic heterocycles. The van der Waals surface area contributed by atoms with Crippen LogP contribution in [0.1, 0.15) is 25.8 Å². The molecule has 0 saturated carbocycles. The summed E-state index contributed by atoms with van der Waals surface area (Å²) in [5.74, 6) is -0.696. The predicted molar refractivity (Wildman–Crippen MR) is 93.4 cm³/mol. The molecule has 25 heavy (non-hydrogen) atoms. The van der Waals surface area contributed by atoms with Gasteiger partial charge in [0.15, 0.2) is 5.76 Å². The lowest BCUT2D eigenvalue weighted by molar-refractivity contribution is 0.0956. The highest BCUT2D eigenvalue weighted by Gasteiger charge is 2.13. The first kappa shape index (κ1) is 16.9. The highest BCUT2D eigenvalue weighted by atomic mass is 32.1. The fourth-order valence-electron chi connectivity index (χ4n) is 2.21. The van der Waals surface area contributed by atoms with E-state index in [-0.39, 0.29) is 23.4 Å². The zero-order valence-corrected chi connectivity index (χ0v) is 13.9. The van der Waals surface area contributed by atoms with E-state index in [1.165, 1.54) is 29.7 Å². The Bertz CT molecular complexity index is 874. The number of furan rings is 1. The molecule has 0 unspecified atom stereocenters. The van der Waals surface area contributed by atoms with E-state index in [1.54, 1.807) is 30.3 Å². The first-order valence-corrected chi connectivity index (χ1v) is 8.41. The van der Waals surface area contributed by atoms with Crippen molar-refractivity contribution in [2.45, 2.75) is 6.42 Å². The summed E-state index contributed by atoms with van der Waals surface area (Å²) >= 11 is 1.17. The van der Waals surface area contributed by atoms with Gasteiger partial charge in [-0.25, -0.2) is 4.39 Å². The molecular weight excluding hydrogens is 343 g/mol. The number of hydrogen-bond acceptors (Lipinski definition) is 4. The normalized spacial score (nSPS) is 10.4. The number of benzene rings is 1. The van der Waals surface area contributed by atoms with Crippen molar-refractivity contribution in [1.82, 2.24) is 5.32 Å². The highest BCUT2D eigenvalue weighted by molar-refractivity contribution is 7.18. The largest absolute Gasteiger partial charge is 0.459 e. The molecule has 0 aliphatic rings. The minimum absolute atomic E-state index is 0.203. The van der Waals surface area contributed by atoms with Crippen LogP contribution in [-0.4, -0.2) is 18.4 Å². The number of nitrogens with one attached hydrogen (secondary N) is 2. The van der Waals surface area contributed by atoms with Gasteiger partial charge in [-0.2, -0.15) is 0 Å². The number of anilines is 1. The summed E-state index contributed by atoms with van der Waals surface area (Å²) in [5, 5.41) is 6.00. The molecule has 1 aromatic carbocycles. The lowest BCUT2D eigenvalue weighted by Crippen LogP contribution is -2.24. The summed E-state index contributed by atoms with van der Waals surface area (Å²) in [6.07, 6.45) is 1.96. The van der Waals surface area contributed by atoms with E-state index < -0.39 is 0 Å². The van der Waals surface area contributed by atoms with E-state index in [9.17, 15) is 14.0 Å². The van der Waals surface area contributed by atoms with Crippen LogP contribution in [0.15, 0.2) is 59.2 Å². The van der Waals surface area contributed by atoms with Gasteiger partial charge in [-0.3, -0.25) is 9.59 Å². The zero-order chi connectivity index (χ0) is 17.6. The maximum absolute atomic E-state index is 13.1. The predicted octanol–water partition coefficient (Wildman–Crippen LogP) is 3.71. The van der Waals surface area contributed by atoms with Crippen molar-refractivity contribution in [1.29, 1.82) is 0 Å². The van der Waals surface area contributed by atoms with Crippen LogP contribution in [0, 0.1) is 5.82 Å². The molecule has 0 aliphatic carbocycles. The molecule has 0 radical (unpaired) electrons. The van der Waals surface area contributed by atoms with Crippen LogP contribution in [0.2, 0.25) is 0 Å². The van der Waals surface area contributed by atoms with Crippen LogP contribution in [-0.2, 0) is 6.42 Å². The summed E-state index contributed by atoms with van der Waals surface area (Å²) in [6.45, 7) is 0.397. The number of thiophene rings is 1. The summed E-state index contributed by atoms with van der Waals surface area (Å²) < 4.78 is 18.1. The van der Waals surface area contributed by atoms with Gasteiger partial charge in [0, 0.05) is 6.54 Å². The van der Waals surface area contributed by atoms with Gasteiger partial charge >= 0.3 is 0 Å². The Morgan fingerprint density at radius 3 is 2.72 bits per heavy atom. The third-order valence-corrected chi connectivity index (χ3v) is 4.40. The summed E-state index contributed by atoms with van der Waals surface area (Å²) in [6, 6.07) is 12.8. The SMILES string of the molecule is O=C(Nc1ccc(C(=O)NCCc2cccc(F)c2)s1)c1ccco1. The van der Waals surface area contributed by atoms with E-state index in [4.69, 9.17) is 4.42 Å². The molecule has 0 fully saturated rings. The molecule has 2 aromatic heterocycles. The van der Waals surface area contributed by atoms with Crippen LogP contribution >= 0.6 is 11.3 Å². The Kier molecular flexibility index (Phi) is 5.25. The maximum atomic E-state index is 13.1. The van der Waals surface area contributed by atoms with Crippen LogP contribution < -0.4 is 10.6 Å². The molecule has 7 heteroatoms. The average molecular weight is 358 g/mol. The minimum Gasteiger partial charge on any atom is -0.459 e. The molecule has 0 spiro atoms. The van der Waals surface area contributed by atoms with Gasteiger partial charge in [0.2, 0.25) is 0 Å². The van der Waals surface area contributed by atoms with E-state index in [0.29, 0.717) is 22.8 Å². The molecule has 0 bridgehead atoms. The quantitative estimate of drug-likeness (QED) is 0.706. The van der Waals surface area contributed by atoms with Crippen LogP contribution in [0.4, 0.5) is 9.39 Å². The number of carbonyl (C=O) groups is 2. The van der Waals surface area contributed by atoms with Gasteiger partial charge in [0.25, 0.3) is 11.8 Å². The number of halogens is 1. The monoisotopic (exact) mass is 358 g/mol. The first-order valence-electron chi connectivity index (χ1n) is 7.59. The molecule has 3 aromatic rings. The van der Waals surface area contributed by atoms with Gasteiger partial charge in [-0.05, 0) is 48.4 Å². The Labute approximate surface area is 147 Å². The van der Waals surface area contributed by atoms with E-state index in [2.05, 4.69) is 10.6 Å². The van der Waals surface area contributed by atoms with Crippen molar-refractivity contribution in [3.8, 4) is 0 Å². The maximum Gasteiger partial charge on any atom is 0.291 e. The van der Waals surface area contributed by atoms with E-state index >= 15 is 0 Å². The molecule has 128 valence electrons. The van der Waals surface area contributed by atoms with Crippen LogP contribution in [0.5, 0.6) is 0 Å². The van der Waals surface area contributed by atoms with E-state index in [0.717, 1.165) is 5.56 Å². The molecule has 0 atom stereocenters. The van der Waals surface area contributed by atoms with Gasteiger partial charge in [-0.1, -0.05) is 12.1 Å². The summed E-state index contributed by atoms with van der Waals surface area (Å²) in [4.78, 5) is 24.5.